The highest BCUT2D eigenvalue weighted by atomic mass is 16.5. The minimum absolute atomic E-state index is 0.0943. The van der Waals surface area contributed by atoms with Crippen LogP contribution in [0.25, 0.3) is 21.9 Å². The van der Waals surface area contributed by atoms with E-state index in [1.54, 1.807) is 6.07 Å². The second kappa shape index (κ2) is 7.11. The number of fused-ring (bicyclic) bond motifs is 1. The van der Waals surface area contributed by atoms with Crippen LogP contribution in [0.3, 0.4) is 0 Å². The summed E-state index contributed by atoms with van der Waals surface area (Å²) in [6, 6.07) is 15.6. The number of hydrogen-bond donors (Lipinski definition) is 2. The van der Waals surface area contributed by atoms with E-state index in [9.17, 15) is 4.79 Å². The summed E-state index contributed by atoms with van der Waals surface area (Å²) in [6.45, 7) is 6.30. The molecule has 0 saturated heterocycles. The number of H-pyrrole nitrogens is 1. The van der Waals surface area contributed by atoms with Crippen LogP contribution in [-0.2, 0) is 6.61 Å². The molecule has 0 aliphatic carbocycles. The second-order valence-electron chi connectivity index (χ2n) is 6.50. The molecule has 1 aromatic heterocycles. The highest BCUT2D eigenvalue weighted by Crippen LogP contribution is 2.36. The number of carbonyl (C=O) groups excluding carboxylic acids is 1. The average Bonchev–Trinajstić information content (AvgIpc) is 3.20. The predicted molar refractivity (Wildman–Crippen MR) is 106 cm³/mol. The quantitative estimate of drug-likeness (QED) is 0.559. The molecule has 1 radical (unpaired) electrons. The van der Waals surface area contributed by atoms with Crippen molar-refractivity contribution < 1.29 is 9.53 Å². The summed E-state index contributed by atoms with van der Waals surface area (Å²) < 4.78 is 5.75. The van der Waals surface area contributed by atoms with Gasteiger partial charge in [-0.05, 0) is 57.8 Å². The maximum Gasteiger partial charge on any atom is 0.253 e. The Hall–Kier alpha value is -3.74. The molecule has 3 aromatic carbocycles. The number of tetrazole rings is 1. The number of ether oxygens (including phenoxy) is 1. The maximum absolute atomic E-state index is 12.3. The predicted octanol–water partition coefficient (Wildman–Crippen LogP) is 3.19. The van der Waals surface area contributed by atoms with E-state index in [-0.39, 0.29) is 6.61 Å². The molecule has 139 valence electrons. The molecule has 7 heteroatoms. The number of aromatic nitrogens is 4. The fourth-order valence-corrected chi connectivity index (χ4v) is 3.25. The third-order valence-electron chi connectivity index (χ3n) is 4.59. The molecule has 1 amide bonds. The van der Waals surface area contributed by atoms with E-state index in [0.29, 0.717) is 22.5 Å². The van der Waals surface area contributed by atoms with Gasteiger partial charge in [-0.3, -0.25) is 4.79 Å². The van der Waals surface area contributed by atoms with Gasteiger partial charge in [-0.15, -0.1) is 5.10 Å². The van der Waals surface area contributed by atoms with E-state index in [1.165, 1.54) is 5.56 Å². The Morgan fingerprint density at radius 3 is 2.54 bits per heavy atom. The van der Waals surface area contributed by atoms with Crippen molar-refractivity contribution in [3.8, 4) is 16.9 Å². The molecular formula is C21H18N5O2. The van der Waals surface area contributed by atoms with Gasteiger partial charge in [0.25, 0.3) is 5.91 Å². The van der Waals surface area contributed by atoms with E-state index >= 15 is 0 Å². The van der Waals surface area contributed by atoms with Crippen LogP contribution in [0, 0.1) is 13.8 Å². The molecule has 0 saturated carbocycles. The minimum Gasteiger partial charge on any atom is -0.485 e. The Morgan fingerprint density at radius 2 is 1.86 bits per heavy atom. The van der Waals surface area contributed by atoms with Crippen LogP contribution in [0.5, 0.6) is 5.75 Å². The Balaban J connectivity index is 1.86. The van der Waals surface area contributed by atoms with Gasteiger partial charge in [0.1, 0.15) is 12.4 Å². The lowest BCUT2D eigenvalue weighted by Gasteiger charge is -2.16. The van der Waals surface area contributed by atoms with Gasteiger partial charge < -0.3 is 10.5 Å². The van der Waals surface area contributed by atoms with Crippen LogP contribution >= 0.6 is 0 Å². The average molecular weight is 372 g/mol. The fourth-order valence-electron chi connectivity index (χ4n) is 3.25. The number of nitrogens with two attached hydrogens (primary N) is 1. The number of nitrogens with one attached hydrogen (secondary N) is 1. The van der Waals surface area contributed by atoms with Crippen LogP contribution in [0.15, 0.2) is 48.5 Å². The van der Waals surface area contributed by atoms with Gasteiger partial charge in [-0.1, -0.05) is 48.0 Å². The minimum atomic E-state index is -0.567. The van der Waals surface area contributed by atoms with Crippen LogP contribution in [0.4, 0.5) is 0 Å². The van der Waals surface area contributed by atoms with E-state index in [4.69, 9.17) is 10.5 Å². The third-order valence-corrected chi connectivity index (χ3v) is 4.59. The van der Waals surface area contributed by atoms with Gasteiger partial charge in [0.15, 0.2) is 5.82 Å². The summed E-state index contributed by atoms with van der Waals surface area (Å²) in [7, 11) is 0. The van der Waals surface area contributed by atoms with E-state index < -0.39 is 5.91 Å². The van der Waals surface area contributed by atoms with Crippen molar-refractivity contribution in [1.82, 2.24) is 20.6 Å². The van der Waals surface area contributed by atoms with Crippen molar-refractivity contribution in [2.45, 2.75) is 13.5 Å². The number of rotatable bonds is 5. The molecule has 0 bridgehead atoms. The number of carbonyl (C=O) groups is 1. The van der Waals surface area contributed by atoms with Crippen LogP contribution in [0.1, 0.15) is 27.3 Å². The zero-order valence-corrected chi connectivity index (χ0v) is 15.3. The van der Waals surface area contributed by atoms with E-state index in [0.717, 1.165) is 22.1 Å². The number of amides is 1. The first-order valence-corrected chi connectivity index (χ1v) is 8.68. The molecular weight excluding hydrogens is 354 g/mol. The van der Waals surface area contributed by atoms with Crippen molar-refractivity contribution >= 4 is 16.7 Å². The van der Waals surface area contributed by atoms with Gasteiger partial charge in [0.05, 0.1) is 5.56 Å². The van der Waals surface area contributed by atoms with Crippen molar-refractivity contribution in [3.05, 3.63) is 78.0 Å². The lowest BCUT2D eigenvalue weighted by atomic mass is 9.91. The topological polar surface area (TPSA) is 107 Å². The standard InChI is InChI=1S/C21H18N5O2/c1-12-3-6-14(7-4-12)19-13(2)5-8-16-15(19)9-10-17(20(16)21(22)27)28-11-18-23-25-26-24-18/h3-10H,2,11H2,1H3,(H2,22,27)(H,23,24,25,26). The Morgan fingerprint density at radius 1 is 1.11 bits per heavy atom. The highest BCUT2D eigenvalue weighted by molar-refractivity contribution is 6.12. The number of aryl methyl sites for hydroxylation is 1. The molecule has 4 rings (SSSR count). The van der Waals surface area contributed by atoms with Crippen molar-refractivity contribution in [2.75, 3.05) is 0 Å². The van der Waals surface area contributed by atoms with Gasteiger partial charge in [-0.25, -0.2) is 5.10 Å². The number of nitrogens with zero attached hydrogens (tertiary/aromatic N) is 3. The molecule has 0 spiro atoms. The molecule has 0 aliphatic rings. The molecule has 1 heterocycles. The second-order valence-corrected chi connectivity index (χ2v) is 6.50. The summed E-state index contributed by atoms with van der Waals surface area (Å²) in [6.07, 6.45) is 0. The summed E-state index contributed by atoms with van der Waals surface area (Å²) in [5.41, 5.74) is 10.0. The number of primary amides is 1. The Bertz CT molecular complexity index is 1150. The molecule has 0 atom stereocenters. The summed E-state index contributed by atoms with van der Waals surface area (Å²) in [5, 5.41) is 15.0. The van der Waals surface area contributed by atoms with Crippen LogP contribution in [0.2, 0.25) is 0 Å². The van der Waals surface area contributed by atoms with E-state index in [2.05, 4.69) is 27.5 Å². The van der Waals surface area contributed by atoms with Crippen molar-refractivity contribution in [2.24, 2.45) is 5.73 Å². The van der Waals surface area contributed by atoms with Crippen molar-refractivity contribution in [1.29, 1.82) is 0 Å². The highest BCUT2D eigenvalue weighted by Gasteiger charge is 2.18. The molecule has 0 unspecified atom stereocenters. The largest absolute Gasteiger partial charge is 0.485 e. The molecule has 28 heavy (non-hydrogen) atoms. The van der Waals surface area contributed by atoms with Gasteiger partial charge in [0, 0.05) is 0 Å². The number of hydrogen-bond acceptors (Lipinski definition) is 5. The smallest absolute Gasteiger partial charge is 0.253 e. The number of aromatic amines is 1. The molecule has 3 N–H and O–H groups in total. The molecule has 4 aromatic rings. The lowest BCUT2D eigenvalue weighted by molar-refractivity contribution is 0.0997. The summed E-state index contributed by atoms with van der Waals surface area (Å²) in [5.74, 6) is 0.259. The Labute approximate surface area is 161 Å². The van der Waals surface area contributed by atoms with Crippen molar-refractivity contribution in [3.63, 3.8) is 0 Å². The SMILES string of the molecule is [CH2]c1ccc2c(C(N)=O)c(OCc3nnn[nH]3)ccc2c1-c1ccc(C)cc1. The maximum atomic E-state index is 12.3. The zero-order chi connectivity index (χ0) is 19.7. The van der Waals surface area contributed by atoms with E-state index in [1.807, 2.05) is 49.4 Å². The first-order valence-electron chi connectivity index (χ1n) is 8.68. The molecule has 7 nitrogen and oxygen atoms in total. The summed E-state index contributed by atoms with van der Waals surface area (Å²) in [4.78, 5) is 12.3. The Kier molecular flexibility index (Phi) is 4.49. The molecule has 0 fully saturated rings. The fraction of sp³-hybridized carbons (Fsp3) is 0.0952. The van der Waals surface area contributed by atoms with Crippen LogP contribution in [-0.4, -0.2) is 26.5 Å². The van der Waals surface area contributed by atoms with Crippen LogP contribution < -0.4 is 10.5 Å². The lowest BCUT2D eigenvalue weighted by Crippen LogP contribution is -2.14. The van der Waals surface area contributed by atoms with Gasteiger partial charge in [-0.2, -0.15) is 0 Å². The first-order chi connectivity index (χ1) is 13.5. The van der Waals surface area contributed by atoms with Gasteiger partial charge in [0.2, 0.25) is 0 Å². The first kappa shape index (κ1) is 17.7. The monoisotopic (exact) mass is 372 g/mol. The number of benzene rings is 3. The summed E-state index contributed by atoms with van der Waals surface area (Å²) >= 11 is 0. The zero-order valence-electron chi connectivity index (χ0n) is 15.3. The molecule has 0 aliphatic heterocycles. The van der Waals surface area contributed by atoms with Gasteiger partial charge >= 0.3 is 0 Å². The third kappa shape index (κ3) is 3.18. The normalized spacial score (nSPS) is 10.9.